The second-order valence-corrected chi connectivity index (χ2v) is 8.48. The van der Waals surface area contributed by atoms with Crippen LogP contribution in [-0.2, 0) is 5.41 Å². The highest BCUT2D eigenvalue weighted by atomic mass is 16.2. The fourth-order valence-electron chi connectivity index (χ4n) is 3.27. The second kappa shape index (κ2) is 8.98. The zero-order valence-electron chi connectivity index (χ0n) is 18.4. The summed E-state index contributed by atoms with van der Waals surface area (Å²) in [5, 5.41) is 8.90. The number of hydrogen-bond donors (Lipinski definition) is 1. The minimum atomic E-state index is -0.264. The zero-order valence-corrected chi connectivity index (χ0v) is 18.4. The van der Waals surface area contributed by atoms with Gasteiger partial charge in [-0.15, -0.1) is 0 Å². The van der Waals surface area contributed by atoms with E-state index in [1.165, 1.54) is 5.56 Å². The molecule has 0 radical (unpaired) electrons. The van der Waals surface area contributed by atoms with Gasteiger partial charge < -0.3 is 0 Å². The Morgan fingerprint density at radius 2 is 1.75 bits per heavy atom. The van der Waals surface area contributed by atoms with Crippen LogP contribution in [-0.4, -0.2) is 26.9 Å². The van der Waals surface area contributed by atoms with Gasteiger partial charge in [0.25, 0.3) is 5.91 Å². The summed E-state index contributed by atoms with van der Waals surface area (Å²) in [6.07, 6.45) is 6.96. The first-order valence-electron chi connectivity index (χ1n) is 10.4. The maximum Gasteiger partial charge on any atom is 0.271 e. The number of para-hydroxylation sites is 1. The van der Waals surface area contributed by atoms with Crippen molar-refractivity contribution in [3.63, 3.8) is 0 Å². The van der Waals surface area contributed by atoms with Crippen LogP contribution in [0.4, 0.5) is 0 Å². The summed E-state index contributed by atoms with van der Waals surface area (Å²) in [6.45, 7) is 6.42. The molecule has 0 unspecified atom stereocenters. The first-order valence-corrected chi connectivity index (χ1v) is 10.4. The van der Waals surface area contributed by atoms with Crippen LogP contribution in [0.2, 0.25) is 0 Å². The van der Waals surface area contributed by atoms with Gasteiger partial charge >= 0.3 is 0 Å². The molecule has 1 N–H and O–H groups in total. The van der Waals surface area contributed by atoms with E-state index in [0.717, 1.165) is 22.5 Å². The van der Waals surface area contributed by atoms with Crippen LogP contribution in [0, 0.1) is 0 Å². The fourth-order valence-corrected chi connectivity index (χ4v) is 3.27. The third kappa shape index (κ3) is 4.81. The molecule has 0 fully saturated rings. The molecule has 0 spiro atoms. The van der Waals surface area contributed by atoms with Crippen molar-refractivity contribution in [3.8, 4) is 16.9 Å². The number of aromatic nitrogens is 3. The highest BCUT2D eigenvalue weighted by Gasteiger charge is 2.14. The lowest BCUT2D eigenvalue weighted by Gasteiger charge is -2.18. The molecule has 2 aromatic heterocycles. The molecular formula is C26H25N5O. The van der Waals surface area contributed by atoms with Gasteiger partial charge in [-0.1, -0.05) is 51.1 Å². The molecule has 2 aromatic carbocycles. The van der Waals surface area contributed by atoms with Crippen LogP contribution in [0.5, 0.6) is 0 Å². The lowest BCUT2D eigenvalue weighted by Crippen LogP contribution is -2.18. The van der Waals surface area contributed by atoms with E-state index < -0.39 is 0 Å². The van der Waals surface area contributed by atoms with Gasteiger partial charge in [-0.3, -0.25) is 9.78 Å². The van der Waals surface area contributed by atoms with Gasteiger partial charge in [0.15, 0.2) is 0 Å². The van der Waals surface area contributed by atoms with E-state index in [9.17, 15) is 4.79 Å². The van der Waals surface area contributed by atoms with Crippen molar-refractivity contribution < 1.29 is 4.79 Å². The van der Waals surface area contributed by atoms with E-state index in [0.29, 0.717) is 5.56 Å². The summed E-state index contributed by atoms with van der Waals surface area (Å²) in [7, 11) is 0. The third-order valence-corrected chi connectivity index (χ3v) is 5.08. The average molecular weight is 424 g/mol. The van der Waals surface area contributed by atoms with E-state index in [4.69, 9.17) is 5.10 Å². The monoisotopic (exact) mass is 423 g/mol. The minimum absolute atomic E-state index is 0.0365. The summed E-state index contributed by atoms with van der Waals surface area (Å²) in [5.74, 6) is -0.264. The number of hydrogen-bond acceptors (Lipinski definition) is 4. The molecule has 1 amide bonds. The average Bonchev–Trinajstić information content (AvgIpc) is 3.24. The Balaban J connectivity index is 1.56. The molecule has 0 aliphatic heterocycles. The van der Waals surface area contributed by atoms with E-state index in [-0.39, 0.29) is 11.3 Å². The van der Waals surface area contributed by atoms with Gasteiger partial charge in [0.05, 0.1) is 11.9 Å². The molecule has 0 aliphatic rings. The first-order chi connectivity index (χ1) is 15.4. The molecule has 0 saturated heterocycles. The van der Waals surface area contributed by atoms with Crippen molar-refractivity contribution in [3.05, 3.63) is 102 Å². The van der Waals surface area contributed by atoms with Crippen LogP contribution >= 0.6 is 0 Å². The predicted molar refractivity (Wildman–Crippen MR) is 127 cm³/mol. The SMILES string of the molecule is CC(C)(C)c1ccc(C(=O)N/N=C/c2cn(-c3ccccc3)nc2-c2cccnc2)cc1. The number of hydrazone groups is 1. The van der Waals surface area contributed by atoms with E-state index >= 15 is 0 Å². The number of nitrogens with zero attached hydrogens (tertiary/aromatic N) is 4. The highest BCUT2D eigenvalue weighted by molar-refractivity contribution is 5.95. The van der Waals surface area contributed by atoms with Crippen LogP contribution in [0.25, 0.3) is 16.9 Å². The molecule has 0 saturated carbocycles. The standard InChI is InChI=1S/C26H25N5O/c1-26(2,3)22-13-11-19(12-14-22)25(32)29-28-17-21-18-31(23-9-5-4-6-10-23)30-24(21)20-8-7-15-27-16-20/h4-18H,1-3H3,(H,29,32)/b28-17+. The molecule has 6 heteroatoms. The van der Waals surface area contributed by atoms with Gasteiger partial charge in [-0.05, 0) is 47.4 Å². The molecule has 2 heterocycles. The summed E-state index contributed by atoms with van der Waals surface area (Å²) < 4.78 is 1.79. The third-order valence-electron chi connectivity index (χ3n) is 5.08. The van der Waals surface area contributed by atoms with Gasteiger partial charge in [0.1, 0.15) is 5.69 Å². The molecule has 32 heavy (non-hydrogen) atoms. The van der Waals surface area contributed by atoms with Gasteiger partial charge in [0.2, 0.25) is 0 Å². The van der Waals surface area contributed by atoms with Crippen molar-refractivity contribution in [1.29, 1.82) is 0 Å². The van der Waals surface area contributed by atoms with Crippen LogP contribution in [0.1, 0.15) is 42.3 Å². The Hall–Kier alpha value is -4.06. The van der Waals surface area contributed by atoms with E-state index in [2.05, 4.69) is 36.3 Å². The normalized spacial score (nSPS) is 11.6. The lowest BCUT2D eigenvalue weighted by atomic mass is 9.87. The van der Waals surface area contributed by atoms with Gasteiger partial charge in [-0.2, -0.15) is 10.2 Å². The Morgan fingerprint density at radius 3 is 2.41 bits per heavy atom. The minimum Gasteiger partial charge on any atom is -0.267 e. The number of nitrogens with one attached hydrogen (secondary N) is 1. The van der Waals surface area contributed by atoms with Crippen molar-refractivity contribution in [2.75, 3.05) is 0 Å². The molecule has 0 aliphatic carbocycles. The van der Waals surface area contributed by atoms with Crippen molar-refractivity contribution in [2.45, 2.75) is 26.2 Å². The molecule has 0 bridgehead atoms. The highest BCUT2D eigenvalue weighted by Crippen LogP contribution is 2.23. The quantitative estimate of drug-likeness (QED) is 0.363. The summed E-state index contributed by atoms with van der Waals surface area (Å²) in [5.41, 5.74) is 7.68. The van der Waals surface area contributed by atoms with Crippen LogP contribution < -0.4 is 5.43 Å². The Morgan fingerprint density at radius 1 is 1.00 bits per heavy atom. The van der Waals surface area contributed by atoms with E-state index in [1.54, 1.807) is 23.3 Å². The second-order valence-electron chi connectivity index (χ2n) is 8.48. The summed E-state index contributed by atoms with van der Waals surface area (Å²) in [4.78, 5) is 16.7. The number of benzene rings is 2. The molecule has 4 aromatic rings. The van der Waals surface area contributed by atoms with Crippen molar-refractivity contribution in [2.24, 2.45) is 5.10 Å². The summed E-state index contributed by atoms with van der Waals surface area (Å²) in [6, 6.07) is 21.2. The number of rotatable bonds is 5. The fraction of sp³-hybridized carbons (Fsp3) is 0.154. The number of amides is 1. The van der Waals surface area contributed by atoms with Crippen molar-refractivity contribution >= 4 is 12.1 Å². The van der Waals surface area contributed by atoms with E-state index in [1.807, 2.05) is 72.9 Å². The molecule has 160 valence electrons. The Labute approximate surface area is 187 Å². The molecule has 4 rings (SSSR count). The molecule has 0 atom stereocenters. The number of carbonyl (C=O) groups is 1. The topological polar surface area (TPSA) is 72.2 Å². The van der Waals surface area contributed by atoms with Gasteiger partial charge in [-0.25, -0.2) is 10.1 Å². The first kappa shape index (κ1) is 21.2. The Kier molecular flexibility index (Phi) is 5.94. The summed E-state index contributed by atoms with van der Waals surface area (Å²) >= 11 is 0. The smallest absolute Gasteiger partial charge is 0.267 e. The largest absolute Gasteiger partial charge is 0.271 e. The Bertz CT molecular complexity index is 1220. The van der Waals surface area contributed by atoms with Crippen LogP contribution in [0.15, 0.2) is 90.4 Å². The predicted octanol–water partition coefficient (Wildman–Crippen LogP) is 5.00. The maximum atomic E-state index is 12.5. The zero-order chi connectivity index (χ0) is 22.6. The van der Waals surface area contributed by atoms with Gasteiger partial charge in [0, 0.05) is 35.3 Å². The number of carbonyl (C=O) groups excluding carboxylic acids is 1. The molecular weight excluding hydrogens is 398 g/mol. The molecule has 6 nitrogen and oxygen atoms in total. The number of pyridine rings is 1. The maximum absolute atomic E-state index is 12.5. The lowest BCUT2D eigenvalue weighted by molar-refractivity contribution is 0.0955. The van der Waals surface area contributed by atoms with Crippen LogP contribution in [0.3, 0.4) is 0 Å². The van der Waals surface area contributed by atoms with Crippen molar-refractivity contribution in [1.82, 2.24) is 20.2 Å².